The molecule has 0 aliphatic rings. The van der Waals surface area contributed by atoms with Gasteiger partial charge in [0.05, 0.1) is 0 Å². The van der Waals surface area contributed by atoms with E-state index in [0.29, 0.717) is 11.6 Å². The first-order valence-electron chi connectivity index (χ1n) is 14.3. The van der Waals surface area contributed by atoms with Crippen molar-refractivity contribution in [3.63, 3.8) is 0 Å². The van der Waals surface area contributed by atoms with Gasteiger partial charge in [0.1, 0.15) is 0 Å². The Morgan fingerprint density at radius 2 is 1.45 bits per heavy atom. The molecule has 5 rings (SSSR count). The Balaban J connectivity index is 0.00000405. The van der Waals surface area contributed by atoms with Gasteiger partial charge in [-0.15, -0.1) is 0 Å². The van der Waals surface area contributed by atoms with Crippen molar-refractivity contribution in [3.8, 4) is 34.1 Å². The molecule has 0 spiro atoms. The molecule has 42 heavy (non-hydrogen) atoms. The predicted octanol–water partition coefficient (Wildman–Crippen LogP) is 9.49. The fraction of sp³-hybridized carbons (Fsp3) is 0.297. The van der Waals surface area contributed by atoms with Gasteiger partial charge in [-0.1, -0.05) is 0 Å². The molecule has 0 N–H and O–H groups in total. The van der Waals surface area contributed by atoms with Gasteiger partial charge < -0.3 is 0 Å². The van der Waals surface area contributed by atoms with Crippen molar-refractivity contribution in [2.75, 3.05) is 0 Å². The minimum Gasteiger partial charge on any atom is 2.00 e. The van der Waals surface area contributed by atoms with E-state index in [1.807, 2.05) is 24.4 Å². The van der Waals surface area contributed by atoms with Crippen molar-refractivity contribution < 1.29 is 25.8 Å². The zero-order valence-electron chi connectivity index (χ0n) is 26.1. The number of pyridine rings is 2. The van der Waals surface area contributed by atoms with Crippen molar-refractivity contribution in [1.29, 1.82) is 0 Å². The number of nitrogens with zero attached hydrogens (tertiary/aromatic N) is 2. The number of benzene rings is 3. The maximum atomic E-state index is 6.44. The Kier molecular flexibility index (Phi) is 9.26. The van der Waals surface area contributed by atoms with E-state index >= 15 is 0 Å². The summed E-state index contributed by atoms with van der Waals surface area (Å²) >= 11 is -2.25. The van der Waals surface area contributed by atoms with Crippen molar-refractivity contribution in [3.05, 3.63) is 102 Å². The van der Waals surface area contributed by atoms with Gasteiger partial charge in [-0.05, 0) is 0 Å². The quantitative estimate of drug-likeness (QED) is 0.131. The molecule has 0 radical (unpaired) electrons. The Morgan fingerprint density at radius 1 is 0.714 bits per heavy atom. The second-order valence-corrected chi connectivity index (χ2v) is 24.6. The number of aromatic nitrogens is 2. The third-order valence-electron chi connectivity index (χ3n) is 7.41. The SMILES string of the molecule is CC(C)(C)c1ccnc(-c2[c-]c(Oc3c[c]([Ge]([CH3])([CH3])[CH3])cc(-c4[c-]c5ccccc5c(C(C)(C)C)c4)n3)ccc2)c1.[Pt+2]. The summed E-state index contributed by atoms with van der Waals surface area (Å²) in [7, 11) is 0. The molecule has 0 saturated heterocycles. The van der Waals surface area contributed by atoms with Gasteiger partial charge >= 0.3 is 270 Å². The molecule has 2 aromatic heterocycles. The van der Waals surface area contributed by atoms with Crippen LogP contribution in [0.5, 0.6) is 11.6 Å². The topological polar surface area (TPSA) is 35.0 Å². The van der Waals surface area contributed by atoms with Crippen LogP contribution in [0.3, 0.4) is 0 Å². The Morgan fingerprint density at radius 3 is 2.14 bits per heavy atom. The molecule has 0 fully saturated rings. The van der Waals surface area contributed by atoms with Gasteiger partial charge in [0.25, 0.3) is 0 Å². The molecule has 2 heterocycles. The first-order valence-corrected chi connectivity index (χ1v) is 21.7. The van der Waals surface area contributed by atoms with Crippen LogP contribution in [-0.2, 0) is 31.9 Å². The fourth-order valence-electron chi connectivity index (χ4n) is 4.93. The van der Waals surface area contributed by atoms with Gasteiger partial charge in [0.15, 0.2) is 0 Å². The van der Waals surface area contributed by atoms with Crippen molar-refractivity contribution in [2.24, 2.45) is 0 Å². The van der Waals surface area contributed by atoms with E-state index in [1.165, 1.54) is 20.9 Å². The third kappa shape index (κ3) is 7.24. The average molecular weight is 796 g/mol. The van der Waals surface area contributed by atoms with Crippen LogP contribution in [-0.4, -0.2) is 23.2 Å². The minimum absolute atomic E-state index is 0. The van der Waals surface area contributed by atoms with E-state index in [9.17, 15) is 0 Å². The fourth-order valence-corrected chi connectivity index (χ4v) is 7.29. The largest absolute Gasteiger partial charge is 2.00 e. The molecular formula is C37H40GeN2OPt. The van der Waals surface area contributed by atoms with Crippen LogP contribution in [0.15, 0.2) is 79.0 Å². The molecular weight excluding hydrogens is 756 g/mol. The number of hydrogen-bond acceptors (Lipinski definition) is 3. The molecule has 5 heteroatoms. The van der Waals surface area contributed by atoms with Gasteiger partial charge in [-0.3, -0.25) is 0 Å². The summed E-state index contributed by atoms with van der Waals surface area (Å²) in [5.74, 6) is 8.40. The Hall–Kier alpha value is -2.75. The first kappa shape index (κ1) is 32.2. The summed E-state index contributed by atoms with van der Waals surface area (Å²) in [6.07, 6.45) is 1.87. The Labute approximate surface area is 268 Å². The van der Waals surface area contributed by atoms with Crippen LogP contribution in [0.4, 0.5) is 0 Å². The maximum Gasteiger partial charge on any atom is 2.00 e. The van der Waals surface area contributed by atoms with Gasteiger partial charge in [-0.2, -0.15) is 0 Å². The van der Waals surface area contributed by atoms with Crippen LogP contribution < -0.4 is 9.13 Å². The smallest absolute Gasteiger partial charge is 2.00 e. The number of hydrogen-bond donors (Lipinski definition) is 0. The number of rotatable bonds is 5. The molecule has 0 aliphatic heterocycles. The van der Waals surface area contributed by atoms with E-state index in [2.05, 4.69) is 131 Å². The summed E-state index contributed by atoms with van der Waals surface area (Å²) in [4.78, 5) is 9.66. The number of ether oxygens (including phenoxy) is 1. The van der Waals surface area contributed by atoms with Gasteiger partial charge in [0.2, 0.25) is 0 Å². The first-order chi connectivity index (χ1) is 19.2. The maximum absolute atomic E-state index is 6.44. The molecule has 0 saturated carbocycles. The van der Waals surface area contributed by atoms with E-state index in [4.69, 9.17) is 9.72 Å². The monoisotopic (exact) mass is 797 g/mol. The van der Waals surface area contributed by atoms with Crippen LogP contribution >= 0.6 is 0 Å². The van der Waals surface area contributed by atoms with E-state index in [0.717, 1.165) is 27.9 Å². The molecule has 0 bridgehead atoms. The van der Waals surface area contributed by atoms with Crippen molar-refractivity contribution in [1.82, 2.24) is 9.97 Å². The zero-order valence-corrected chi connectivity index (χ0v) is 30.5. The third-order valence-corrected chi connectivity index (χ3v) is 11.7. The average Bonchev–Trinajstić information content (AvgIpc) is 2.91. The van der Waals surface area contributed by atoms with Gasteiger partial charge in [0, 0.05) is 0 Å². The molecule has 5 aromatic rings. The molecule has 0 atom stereocenters. The zero-order chi connectivity index (χ0) is 29.6. The second kappa shape index (κ2) is 12.1. The molecule has 218 valence electrons. The van der Waals surface area contributed by atoms with E-state index in [1.54, 1.807) is 0 Å². The summed E-state index contributed by atoms with van der Waals surface area (Å²) in [5.41, 5.74) is 6.22. The summed E-state index contributed by atoms with van der Waals surface area (Å²) in [5, 5.41) is 2.34. The van der Waals surface area contributed by atoms with Crippen LogP contribution in [0.1, 0.15) is 52.7 Å². The molecule has 3 nitrogen and oxygen atoms in total. The standard InChI is InChI=1S/C37H40GeN2O.Pt/c1-36(2,3)28-17-18-39-33(22-28)26-14-12-15-30(20-26)41-35-24-29(38(7,8)9)23-34(40-35)27-19-25-13-10-11-16-31(25)32(21-27)37(4,5)6;/h10-18,21-24H,1-9H3;/q-2;+2. The van der Waals surface area contributed by atoms with Crippen molar-refractivity contribution >= 4 is 28.4 Å². The minimum atomic E-state index is -2.25. The Bertz CT molecular complexity index is 1730. The summed E-state index contributed by atoms with van der Waals surface area (Å²) in [6, 6.07) is 32.4. The summed E-state index contributed by atoms with van der Waals surface area (Å²) < 4.78 is 7.78. The van der Waals surface area contributed by atoms with E-state index in [-0.39, 0.29) is 31.9 Å². The second-order valence-electron chi connectivity index (χ2n) is 13.9. The molecule has 0 amide bonds. The molecule has 0 unspecified atom stereocenters. The van der Waals surface area contributed by atoms with Crippen LogP contribution in [0.2, 0.25) is 17.3 Å². The predicted molar refractivity (Wildman–Crippen MR) is 175 cm³/mol. The van der Waals surface area contributed by atoms with Crippen molar-refractivity contribution in [2.45, 2.75) is 69.6 Å². The van der Waals surface area contributed by atoms with Gasteiger partial charge in [-0.25, -0.2) is 0 Å². The molecule has 3 aromatic carbocycles. The van der Waals surface area contributed by atoms with Crippen LogP contribution in [0, 0.1) is 12.1 Å². The van der Waals surface area contributed by atoms with E-state index < -0.39 is 13.3 Å². The number of fused-ring (bicyclic) bond motifs is 1. The van der Waals surface area contributed by atoms with Crippen LogP contribution in [0.25, 0.3) is 33.3 Å². The normalized spacial score (nSPS) is 12.2. The molecule has 0 aliphatic carbocycles. The summed E-state index contributed by atoms with van der Waals surface area (Å²) in [6.45, 7) is 13.4.